The van der Waals surface area contributed by atoms with Gasteiger partial charge in [-0.2, -0.15) is 0 Å². The van der Waals surface area contributed by atoms with Gasteiger partial charge in [0.25, 0.3) is 0 Å². The number of aromatic amines is 1. The van der Waals surface area contributed by atoms with Crippen LogP contribution in [-0.4, -0.2) is 28.3 Å². The van der Waals surface area contributed by atoms with E-state index in [1.807, 2.05) is 30.3 Å². The largest absolute Gasteiger partial charge is 0.466 e. The Bertz CT molecular complexity index is 1000. The van der Waals surface area contributed by atoms with Gasteiger partial charge in [-0.15, -0.1) is 0 Å². The average molecular weight is 394 g/mol. The maximum absolute atomic E-state index is 12.6. The van der Waals surface area contributed by atoms with E-state index in [1.54, 1.807) is 6.92 Å². The van der Waals surface area contributed by atoms with Crippen molar-refractivity contribution in [3.05, 3.63) is 52.3 Å². The van der Waals surface area contributed by atoms with Gasteiger partial charge >= 0.3 is 5.97 Å². The van der Waals surface area contributed by atoms with Gasteiger partial charge < -0.3 is 15.0 Å². The fourth-order valence-corrected chi connectivity index (χ4v) is 4.24. The molecule has 1 aromatic heterocycles. The van der Waals surface area contributed by atoms with Crippen molar-refractivity contribution >= 4 is 46.3 Å². The van der Waals surface area contributed by atoms with Gasteiger partial charge in [-0.1, -0.05) is 30.4 Å². The first kappa shape index (κ1) is 18.6. The molecular formula is C22H22N2O3S. The number of H-pyrrole nitrogens is 1. The lowest BCUT2D eigenvalue weighted by Gasteiger charge is -2.11. The summed E-state index contributed by atoms with van der Waals surface area (Å²) >= 11 is 5.53. The summed E-state index contributed by atoms with van der Waals surface area (Å²) in [5.74, 6) is -0.101. The van der Waals surface area contributed by atoms with E-state index in [2.05, 4.69) is 10.3 Å². The molecule has 1 aromatic carbocycles. The summed E-state index contributed by atoms with van der Waals surface area (Å²) in [6.45, 7) is 2.15. The van der Waals surface area contributed by atoms with Gasteiger partial charge in [0.2, 0.25) is 0 Å². The van der Waals surface area contributed by atoms with Gasteiger partial charge in [-0.25, -0.2) is 0 Å². The van der Waals surface area contributed by atoms with Crippen molar-refractivity contribution in [2.45, 2.75) is 39.0 Å². The van der Waals surface area contributed by atoms with Crippen molar-refractivity contribution in [1.29, 1.82) is 0 Å². The third kappa shape index (κ3) is 3.40. The Morgan fingerprint density at radius 1 is 1.29 bits per heavy atom. The highest BCUT2D eigenvalue weighted by atomic mass is 32.1. The van der Waals surface area contributed by atoms with Crippen molar-refractivity contribution in [2.24, 2.45) is 0 Å². The lowest BCUT2D eigenvalue weighted by molar-refractivity contribution is -0.143. The number of carbonyl (C=O) groups excluding carboxylic acids is 2. The number of fused-ring (bicyclic) bond motifs is 2. The molecule has 0 saturated heterocycles. The van der Waals surface area contributed by atoms with Crippen LogP contribution in [-0.2, 0) is 22.4 Å². The van der Waals surface area contributed by atoms with Crippen LogP contribution in [0.1, 0.15) is 59.1 Å². The van der Waals surface area contributed by atoms with Crippen molar-refractivity contribution in [2.75, 3.05) is 11.9 Å². The number of esters is 1. The van der Waals surface area contributed by atoms with Gasteiger partial charge in [-0.05, 0) is 43.9 Å². The molecule has 0 spiro atoms. The Balaban J connectivity index is 1.76. The lowest BCUT2D eigenvalue weighted by Crippen LogP contribution is -2.12. The zero-order chi connectivity index (χ0) is 19.7. The van der Waals surface area contributed by atoms with Crippen LogP contribution >= 0.6 is 12.2 Å². The van der Waals surface area contributed by atoms with Gasteiger partial charge in [0.15, 0.2) is 5.78 Å². The molecule has 6 heteroatoms. The molecule has 2 heterocycles. The molecule has 0 atom stereocenters. The van der Waals surface area contributed by atoms with E-state index in [-0.39, 0.29) is 18.2 Å². The summed E-state index contributed by atoms with van der Waals surface area (Å²) in [7, 11) is 0. The molecule has 144 valence electrons. The minimum atomic E-state index is -0.247. The summed E-state index contributed by atoms with van der Waals surface area (Å²) in [6, 6.07) is 7.97. The summed E-state index contributed by atoms with van der Waals surface area (Å²) in [6.07, 6.45) is 4.97. The van der Waals surface area contributed by atoms with E-state index in [0.29, 0.717) is 24.4 Å². The molecule has 1 aliphatic carbocycles. The molecule has 4 rings (SSSR count). The molecule has 0 radical (unpaired) electrons. The first-order valence-corrected chi connectivity index (χ1v) is 10.0. The molecule has 0 amide bonds. The van der Waals surface area contributed by atoms with Crippen LogP contribution in [0.4, 0.5) is 5.69 Å². The number of aryl methyl sites for hydroxylation is 1. The molecule has 0 fully saturated rings. The number of thiocarbonyl (C=S) groups is 1. The van der Waals surface area contributed by atoms with Crippen molar-refractivity contribution < 1.29 is 14.3 Å². The molecule has 28 heavy (non-hydrogen) atoms. The Hall–Kier alpha value is -2.73. The summed E-state index contributed by atoms with van der Waals surface area (Å²) in [5, 5.41) is 3.23. The quantitative estimate of drug-likeness (QED) is 0.449. The smallest absolute Gasteiger partial charge is 0.306 e. The van der Waals surface area contributed by atoms with Crippen LogP contribution in [0.25, 0.3) is 11.6 Å². The second kappa shape index (κ2) is 7.72. The highest BCUT2D eigenvalue weighted by molar-refractivity contribution is 7.81. The zero-order valence-electron chi connectivity index (χ0n) is 15.8. The number of hydrogen-bond donors (Lipinski definition) is 2. The average Bonchev–Trinajstić information content (AvgIpc) is 3.19. The van der Waals surface area contributed by atoms with Gasteiger partial charge in [0.05, 0.1) is 6.61 Å². The number of para-hydroxylation sites is 1. The van der Waals surface area contributed by atoms with Crippen LogP contribution < -0.4 is 5.32 Å². The monoisotopic (exact) mass is 394 g/mol. The summed E-state index contributed by atoms with van der Waals surface area (Å²) in [4.78, 5) is 28.6. The third-order valence-electron chi connectivity index (χ3n) is 5.21. The summed E-state index contributed by atoms with van der Waals surface area (Å²) < 4.78 is 5.07. The maximum atomic E-state index is 12.6. The number of rotatable bonds is 5. The number of Topliss-reactive ketones (excluding diaryl/α,β-unsaturated/α-hetero) is 1. The highest BCUT2D eigenvalue weighted by Crippen LogP contribution is 2.36. The lowest BCUT2D eigenvalue weighted by atomic mass is 9.91. The molecular weight excluding hydrogens is 372 g/mol. The second-order valence-electron chi connectivity index (χ2n) is 7.01. The second-order valence-corrected chi connectivity index (χ2v) is 7.42. The number of ether oxygens (including phenoxy) is 1. The standard InChI is InChI=1S/C22H22N2O3S/c1-2-27-20(26)11-10-14-18(23-17-8-5-9-19(25)21(14)17)12-15-13-6-3-4-7-16(13)24-22(15)28/h3-4,6-7,12,23H,2,5,8-11H2,1H3,(H,24,28)/b15-12-. The van der Waals surface area contributed by atoms with Crippen LogP contribution in [0.15, 0.2) is 24.3 Å². The molecule has 5 nitrogen and oxygen atoms in total. The van der Waals surface area contributed by atoms with Gasteiger partial charge in [0, 0.05) is 46.6 Å². The third-order valence-corrected chi connectivity index (χ3v) is 5.53. The van der Waals surface area contributed by atoms with Gasteiger partial charge in [0.1, 0.15) is 4.99 Å². The van der Waals surface area contributed by atoms with E-state index < -0.39 is 0 Å². The van der Waals surface area contributed by atoms with E-state index >= 15 is 0 Å². The number of anilines is 1. The Morgan fingerprint density at radius 3 is 2.93 bits per heavy atom. The van der Waals surface area contributed by atoms with Crippen molar-refractivity contribution in [3.8, 4) is 0 Å². The fraction of sp³-hybridized carbons (Fsp3) is 0.318. The van der Waals surface area contributed by atoms with E-state index in [1.165, 1.54) is 0 Å². The van der Waals surface area contributed by atoms with Crippen LogP contribution in [0, 0.1) is 0 Å². The Morgan fingerprint density at radius 2 is 2.11 bits per heavy atom. The van der Waals surface area contributed by atoms with Crippen LogP contribution in [0.5, 0.6) is 0 Å². The molecule has 0 unspecified atom stereocenters. The Kier molecular flexibility index (Phi) is 5.13. The first-order valence-electron chi connectivity index (χ1n) is 9.63. The van der Waals surface area contributed by atoms with Crippen LogP contribution in [0.3, 0.4) is 0 Å². The number of carbonyl (C=O) groups is 2. The van der Waals surface area contributed by atoms with Gasteiger partial charge in [-0.3, -0.25) is 9.59 Å². The normalized spacial score (nSPS) is 16.7. The number of ketones is 1. The number of hydrogen-bond acceptors (Lipinski definition) is 4. The molecule has 2 N–H and O–H groups in total. The minimum absolute atomic E-state index is 0.147. The highest BCUT2D eigenvalue weighted by Gasteiger charge is 2.27. The molecule has 0 saturated carbocycles. The first-order chi connectivity index (χ1) is 13.6. The topological polar surface area (TPSA) is 71.2 Å². The SMILES string of the molecule is CCOC(=O)CCc1c(/C=C2\C(=S)Nc3ccccc32)[nH]c2c1C(=O)CCC2. The van der Waals surface area contributed by atoms with Crippen molar-refractivity contribution in [3.63, 3.8) is 0 Å². The molecule has 0 bridgehead atoms. The van der Waals surface area contributed by atoms with Crippen LogP contribution in [0.2, 0.25) is 0 Å². The predicted octanol–water partition coefficient (Wildman–Crippen LogP) is 4.32. The minimum Gasteiger partial charge on any atom is -0.466 e. The number of aromatic nitrogens is 1. The number of benzene rings is 1. The molecule has 2 aliphatic rings. The zero-order valence-corrected chi connectivity index (χ0v) is 16.6. The molecule has 2 aromatic rings. The number of nitrogens with one attached hydrogen (secondary N) is 2. The summed E-state index contributed by atoms with van der Waals surface area (Å²) in [5.41, 5.74) is 6.43. The van der Waals surface area contributed by atoms with Crippen molar-refractivity contribution in [1.82, 2.24) is 4.98 Å². The Labute approximate surface area is 169 Å². The maximum Gasteiger partial charge on any atom is 0.306 e. The van der Waals surface area contributed by atoms with E-state index in [0.717, 1.165) is 52.2 Å². The molecule has 1 aliphatic heterocycles. The fourth-order valence-electron chi connectivity index (χ4n) is 3.96. The van der Waals surface area contributed by atoms with E-state index in [4.69, 9.17) is 17.0 Å². The van der Waals surface area contributed by atoms with E-state index in [9.17, 15) is 9.59 Å². The predicted molar refractivity (Wildman–Crippen MR) is 114 cm³/mol.